The van der Waals surface area contributed by atoms with Gasteiger partial charge in [0.25, 0.3) is 10.0 Å². The summed E-state index contributed by atoms with van der Waals surface area (Å²) >= 11 is 0. The first-order chi connectivity index (χ1) is 21.2. The van der Waals surface area contributed by atoms with Gasteiger partial charge in [-0.3, -0.25) is 13.9 Å². The molecule has 0 unspecified atom stereocenters. The SMILES string of the molecule is CC[C@@H](C)NC(=O)[C@H](CC)N(Cc1ccccc1)C(=O)CN(c1ccc(Oc2ccccc2)cc1)S(=O)(=O)c1ccccc1. The van der Waals surface area contributed by atoms with Crippen molar-refractivity contribution in [3.05, 3.63) is 121 Å². The molecule has 0 saturated carbocycles. The van der Waals surface area contributed by atoms with Gasteiger partial charge in [-0.25, -0.2) is 8.42 Å². The molecular formula is C35H39N3O5S. The standard InChI is InChI=1S/C35H39N3O5S/c1-4-27(3)36-35(40)33(5-2)37(25-28-15-9-6-10-16-28)34(39)26-38(44(41,42)32-19-13-8-14-20-32)29-21-23-31(24-22-29)43-30-17-11-7-12-18-30/h6-24,27,33H,4-5,25-26H2,1-3H3,(H,36,40)/t27-,33+/m1/s1. The minimum Gasteiger partial charge on any atom is -0.457 e. The second kappa shape index (κ2) is 15.2. The molecule has 2 amide bonds. The Morgan fingerprint density at radius 3 is 1.86 bits per heavy atom. The number of para-hydroxylation sites is 1. The lowest BCUT2D eigenvalue weighted by Gasteiger charge is -2.33. The Labute approximate surface area is 260 Å². The minimum atomic E-state index is -4.16. The Morgan fingerprint density at radius 2 is 1.30 bits per heavy atom. The van der Waals surface area contributed by atoms with Crippen molar-refractivity contribution >= 4 is 27.5 Å². The molecule has 0 bridgehead atoms. The van der Waals surface area contributed by atoms with Crippen molar-refractivity contribution in [1.29, 1.82) is 0 Å². The number of nitrogens with zero attached hydrogens (tertiary/aromatic N) is 2. The smallest absolute Gasteiger partial charge is 0.264 e. The summed E-state index contributed by atoms with van der Waals surface area (Å²) in [6, 6.07) is 32.3. The van der Waals surface area contributed by atoms with E-state index < -0.39 is 28.5 Å². The fourth-order valence-corrected chi connectivity index (χ4v) is 6.13. The van der Waals surface area contributed by atoms with Crippen LogP contribution >= 0.6 is 0 Å². The van der Waals surface area contributed by atoms with Gasteiger partial charge in [0.15, 0.2) is 0 Å². The highest BCUT2D eigenvalue weighted by Crippen LogP contribution is 2.28. The Balaban J connectivity index is 1.70. The Kier molecular flexibility index (Phi) is 11.2. The van der Waals surface area contributed by atoms with Crippen molar-refractivity contribution in [3.63, 3.8) is 0 Å². The Bertz CT molecular complexity index is 1600. The maximum absolute atomic E-state index is 14.2. The second-order valence-corrected chi connectivity index (χ2v) is 12.3. The molecule has 4 aromatic carbocycles. The first-order valence-corrected chi connectivity index (χ1v) is 16.2. The van der Waals surface area contributed by atoms with Gasteiger partial charge in [-0.2, -0.15) is 0 Å². The number of rotatable bonds is 14. The predicted octanol–water partition coefficient (Wildman–Crippen LogP) is 6.40. The zero-order valence-corrected chi connectivity index (χ0v) is 26.1. The number of sulfonamides is 1. The van der Waals surface area contributed by atoms with E-state index in [4.69, 9.17) is 4.74 Å². The van der Waals surface area contributed by atoms with Crippen LogP contribution in [-0.2, 0) is 26.2 Å². The van der Waals surface area contributed by atoms with Crippen molar-refractivity contribution < 1.29 is 22.7 Å². The summed E-state index contributed by atoms with van der Waals surface area (Å²) in [4.78, 5) is 29.1. The van der Waals surface area contributed by atoms with Crippen molar-refractivity contribution in [2.24, 2.45) is 0 Å². The number of carbonyl (C=O) groups excluding carboxylic acids is 2. The largest absolute Gasteiger partial charge is 0.457 e. The highest BCUT2D eigenvalue weighted by molar-refractivity contribution is 7.92. The molecule has 4 rings (SSSR count). The van der Waals surface area contributed by atoms with Crippen molar-refractivity contribution in [3.8, 4) is 11.5 Å². The van der Waals surface area contributed by atoms with E-state index in [-0.39, 0.29) is 23.4 Å². The van der Waals surface area contributed by atoms with E-state index in [0.29, 0.717) is 23.6 Å². The Hall–Kier alpha value is -4.63. The van der Waals surface area contributed by atoms with Crippen LogP contribution in [0.3, 0.4) is 0 Å². The average molecular weight is 614 g/mol. The monoisotopic (exact) mass is 613 g/mol. The third kappa shape index (κ3) is 8.26. The molecule has 0 aliphatic carbocycles. The number of benzene rings is 4. The van der Waals surface area contributed by atoms with Crippen LogP contribution < -0.4 is 14.4 Å². The van der Waals surface area contributed by atoms with E-state index in [1.54, 1.807) is 42.5 Å². The van der Waals surface area contributed by atoms with Crippen LogP contribution in [0.25, 0.3) is 0 Å². The maximum Gasteiger partial charge on any atom is 0.264 e. The molecule has 1 N–H and O–H groups in total. The fourth-order valence-electron chi connectivity index (χ4n) is 4.69. The quantitative estimate of drug-likeness (QED) is 0.178. The topological polar surface area (TPSA) is 96.0 Å². The van der Waals surface area contributed by atoms with Crippen LogP contribution in [0, 0.1) is 0 Å². The van der Waals surface area contributed by atoms with Gasteiger partial charge in [0.2, 0.25) is 11.8 Å². The van der Waals surface area contributed by atoms with Crippen molar-refractivity contribution in [1.82, 2.24) is 10.2 Å². The molecule has 0 aliphatic rings. The van der Waals surface area contributed by atoms with E-state index in [1.807, 2.05) is 81.4 Å². The van der Waals surface area contributed by atoms with Gasteiger partial charge in [0, 0.05) is 12.6 Å². The second-order valence-electron chi connectivity index (χ2n) is 10.5. The number of anilines is 1. The highest BCUT2D eigenvalue weighted by Gasteiger charge is 2.34. The molecule has 0 saturated heterocycles. The van der Waals surface area contributed by atoms with Crippen molar-refractivity contribution in [2.45, 2.75) is 57.1 Å². The van der Waals surface area contributed by atoms with Crippen LogP contribution in [0.15, 0.2) is 120 Å². The number of amides is 2. The molecule has 0 heterocycles. The van der Waals surface area contributed by atoms with Gasteiger partial charge in [0.1, 0.15) is 24.1 Å². The van der Waals surface area contributed by atoms with E-state index in [0.717, 1.165) is 16.3 Å². The van der Waals surface area contributed by atoms with Crippen LogP contribution in [0.1, 0.15) is 39.2 Å². The number of hydrogen-bond acceptors (Lipinski definition) is 5. The minimum absolute atomic E-state index is 0.0496. The number of carbonyl (C=O) groups is 2. The molecule has 0 aliphatic heterocycles. The molecule has 2 atom stereocenters. The van der Waals surface area contributed by atoms with Gasteiger partial charge in [-0.1, -0.05) is 80.6 Å². The molecular weight excluding hydrogens is 574 g/mol. The highest BCUT2D eigenvalue weighted by atomic mass is 32.2. The number of nitrogens with one attached hydrogen (secondary N) is 1. The molecule has 44 heavy (non-hydrogen) atoms. The zero-order chi connectivity index (χ0) is 31.5. The van der Waals surface area contributed by atoms with E-state index in [1.165, 1.54) is 17.0 Å². The molecule has 4 aromatic rings. The van der Waals surface area contributed by atoms with Crippen molar-refractivity contribution in [2.75, 3.05) is 10.8 Å². The third-order valence-electron chi connectivity index (χ3n) is 7.30. The first kappa shape index (κ1) is 32.3. The summed E-state index contributed by atoms with van der Waals surface area (Å²) in [5, 5.41) is 2.99. The van der Waals surface area contributed by atoms with Gasteiger partial charge in [-0.15, -0.1) is 0 Å². The summed E-state index contributed by atoms with van der Waals surface area (Å²) in [6.45, 7) is 5.37. The molecule has 9 heteroatoms. The summed E-state index contributed by atoms with van der Waals surface area (Å²) in [5.41, 5.74) is 1.12. The molecule has 0 fully saturated rings. The first-order valence-electron chi connectivity index (χ1n) is 14.8. The lowest BCUT2D eigenvalue weighted by atomic mass is 10.1. The predicted molar refractivity (Wildman–Crippen MR) is 173 cm³/mol. The average Bonchev–Trinajstić information content (AvgIpc) is 3.05. The third-order valence-corrected chi connectivity index (χ3v) is 9.08. The molecule has 8 nitrogen and oxygen atoms in total. The lowest BCUT2D eigenvalue weighted by molar-refractivity contribution is -0.140. The molecule has 230 valence electrons. The maximum atomic E-state index is 14.2. The molecule has 0 aromatic heterocycles. The van der Waals surface area contributed by atoms with Gasteiger partial charge < -0.3 is 15.0 Å². The number of hydrogen-bond donors (Lipinski definition) is 1. The van der Waals surface area contributed by atoms with Gasteiger partial charge in [-0.05, 0) is 73.9 Å². The van der Waals surface area contributed by atoms with E-state index in [2.05, 4.69) is 5.32 Å². The lowest BCUT2D eigenvalue weighted by Crippen LogP contribution is -2.53. The van der Waals surface area contributed by atoms with Gasteiger partial charge in [0.05, 0.1) is 10.6 Å². The summed E-state index contributed by atoms with van der Waals surface area (Å²) in [5.74, 6) is 0.388. The van der Waals surface area contributed by atoms with Crippen LogP contribution in [0.2, 0.25) is 0 Å². The fraction of sp³-hybridized carbons (Fsp3) is 0.257. The zero-order valence-electron chi connectivity index (χ0n) is 25.3. The summed E-state index contributed by atoms with van der Waals surface area (Å²) in [6.07, 6.45) is 1.10. The normalized spacial score (nSPS) is 12.5. The molecule has 0 radical (unpaired) electrons. The summed E-state index contributed by atoms with van der Waals surface area (Å²) in [7, 11) is -4.16. The van der Waals surface area contributed by atoms with Crippen LogP contribution in [-0.4, -0.2) is 43.8 Å². The van der Waals surface area contributed by atoms with E-state index in [9.17, 15) is 18.0 Å². The van der Waals surface area contributed by atoms with E-state index >= 15 is 0 Å². The van der Waals surface area contributed by atoms with Crippen LogP contribution in [0.5, 0.6) is 11.5 Å². The molecule has 0 spiro atoms. The number of ether oxygens (including phenoxy) is 1. The van der Waals surface area contributed by atoms with Crippen LogP contribution in [0.4, 0.5) is 5.69 Å². The van der Waals surface area contributed by atoms with Gasteiger partial charge >= 0.3 is 0 Å². The Morgan fingerprint density at radius 1 is 0.750 bits per heavy atom. The summed E-state index contributed by atoms with van der Waals surface area (Å²) < 4.78 is 35.0.